The van der Waals surface area contributed by atoms with Crippen LogP contribution in [0.15, 0.2) is 35.7 Å². The highest BCUT2D eigenvalue weighted by Gasteiger charge is 2.14. The summed E-state index contributed by atoms with van der Waals surface area (Å²) in [5, 5.41) is 1.93. The van der Waals surface area contributed by atoms with Crippen LogP contribution in [0.4, 0.5) is 0 Å². The van der Waals surface area contributed by atoms with E-state index < -0.39 is 5.97 Å². The molecule has 2 rings (SSSR count). The Labute approximate surface area is 134 Å². The van der Waals surface area contributed by atoms with Crippen molar-refractivity contribution in [1.29, 1.82) is 0 Å². The summed E-state index contributed by atoms with van der Waals surface area (Å²) in [5.41, 5.74) is 3.57. The number of thiophene rings is 1. The molecule has 1 aromatic heterocycles. The van der Waals surface area contributed by atoms with E-state index in [4.69, 9.17) is 4.74 Å². The monoisotopic (exact) mass is 314 g/mol. The van der Waals surface area contributed by atoms with E-state index in [-0.39, 0.29) is 12.4 Å². The Kier molecular flexibility index (Phi) is 5.28. The molecule has 1 heterocycles. The molecule has 0 bridgehead atoms. The van der Waals surface area contributed by atoms with E-state index in [0.29, 0.717) is 5.56 Å². The number of carbonyl (C=O) groups excluding carboxylic acids is 2. The quantitative estimate of drug-likeness (QED) is 0.474. The number of carbonyl (C=O) groups is 2. The maximum atomic E-state index is 12.2. The second-order valence-electron chi connectivity index (χ2n) is 5.15. The van der Waals surface area contributed by atoms with E-state index in [1.54, 1.807) is 6.08 Å². The molecule has 0 amide bonds. The Bertz CT molecular complexity index is 689. The first-order valence-electron chi connectivity index (χ1n) is 6.97. The van der Waals surface area contributed by atoms with Gasteiger partial charge < -0.3 is 4.74 Å². The number of ketones is 1. The SMILES string of the molecule is Cc1cc(C)c(C(=O)COC(=O)/C=C/c2cccs2)c(C)c1. The van der Waals surface area contributed by atoms with E-state index in [9.17, 15) is 9.59 Å². The summed E-state index contributed by atoms with van der Waals surface area (Å²) in [5.74, 6) is -0.683. The van der Waals surface area contributed by atoms with Gasteiger partial charge in [-0.05, 0) is 49.4 Å². The van der Waals surface area contributed by atoms with Gasteiger partial charge in [0.2, 0.25) is 5.78 Å². The minimum atomic E-state index is -0.510. The number of esters is 1. The van der Waals surface area contributed by atoms with Gasteiger partial charge in [0, 0.05) is 16.5 Å². The molecule has 0 saturated heterocycles. The smallest absolute Gasteiger partial charge is 0.331 e. The van der Waals surface area contributed by atoms with Crippen LogP contribution in [0.5, 0.6) is 0 Å². The number of benzene rings is 1. The zero-order valence-electron chi connectivity index (χ0n) is 12.9. The normalized spacial score (nSPS) is 10.9. The lowest BCUT2D eigenvalue weighted by Gasteiger charge is -2.10. The molecule has 114 valence electrons. The van der Waals surface area contributed by atoms with E-state index in [2.05, 4.69) is 0 Å². The van der Waals surface area contributed by atoms with Gasteiger partial charge in [0.15, 0.2) is 6.61 Å². The number of Topliss-reactive ketones (excluding diaryl/α,β-unsaturated/α-hetero) is 1. The van der Waals surface area contributed by atoms with Crippen molar-refractivity contribution in [2.24, 2.45) is 0 Å². The van der Waals surface area contributed by atoms with Crippen LogP contribution in [0, 0.1) is 20.8 Å². The van der Waals surface area contributed by atoms with Crippen LogP contribution in [0.1, 0.15) is 31.9 Å². The molecule has 0 spiro atoms. The minimum absolute atomic E-state index is 0.173. The fourth-order valence-electron chi connectivity index (χ4n) is 2.41. The summed E-state index contributed by atoms with van der Waals surface area (Å²) in [6.45, 7) is 5.54. The summed E-state index contributed by atoms with van der Waals surface area (Å²) in [6.07, 6.45) is 3.02. The molecule has 2 aromatic rings. The maximum absolute atomic E-state index is 12.2. The molecule has 0 saturated carbocycles. The minimum Gasteiger partial charge on any atom is -0.454 e. The van der Waals surface area contributed by atoms with Crippen molar-refractivity contribution in [3.63, 3.8) is 0 Å². The van der Waals surface area contributed by atoms with Gasteiger partial charge in [-0.1, -0.05) is 23.8 Å². The lowest BCUT2D eigenvalue weighted by molar-refractivity contribution is -0.136. The van der Waals surface area contributed by atoms with Crippen LogP contribution in [-0.2, 0) is 9.53 Å². The number of aryl methyl sites for hydroxylation is 3. The molecule has 0 aliphatic heterocycles. The first kappa shape index (κ1) is 16.2. The highest BCUT2D eigenvalue weighted by atomic mass is 32.1. The van der Waals surface area contributed by atoms with Crippen molar-refractivity contribution in [3.05, 3.63) is 62.9 Å². The van der Waals surface area contributed by atoms with Crippen molar-refractivity contribution in [2.45, 2.75) is 20.8 Å². The zero-order chi connectivity index (χ0) is 16.1. The third-order valence-electron chi connectivity index (χ3n) is 3.23. The van der Waals surface area contributed by atoms with Crippen LogP contribution in [0.25, 0.3) is 6.08 Å². The predicted molar refractivity (Wildman–Crippen MR) is 89.3 cm³/mol. The van der Waals surface area contributed by atoms with Gasteiger partial charge in [0.05, 0.1) is 0 Å². The second-order valence-corrected chi connectivity index (χ2v) is 6.13. The van der Waals surface area contributed by atoms with E-state index in [1.807, 2.05) is 50.4 Å². The molecule has 4 heteroatoms. The molecular weight excluding hydrogens is 296 g/mol. The fourth-order valence-corrected chi connectivity index (χ4v) is 3.03. The van der Waals surface area contributed by atoms with Crippen molar-refractivity contribution in [3.8, 4) is 0 Å². The summed E-state index contributed by atoms with van der Waals surface area (Å²) in [6, 6.07) is 7.72. The summed E-state index contributed by atoms with van der Waals surface area (Å²) >= 11 is 1.53. The number of rotatable bonds is 5. The molecule has 0 N–H and O–H groups in total. The van der Waals surface area contributed by atoms with Crippen LogP contribution >= 0.6 is 11.3 Å². The molecule has 0 unspecified atom stereocenters. The molecule has 0 aliphatic rings. The first-order chi connectivity index (χ1) is 10.5. The van der Waals surface area contributed by atoms with Crippen LogP contribution in [0.2, 0.25) is 0 Å². The Morgan fingerprint density at radius 3 is 2.45 bits per heavy atom. The molecule has 1 aromatic carbocycles. The standard InChI is InChI=1S/C18H18O3S/c1-12-9-13(2)18(14(3)10-12)16(19)11-21-17(20)7-6-15-5-4-8-22-15/h4-10H,11H2,1-3H3/b7-6+. The van der Waals surface area contributed by atoms with Gasteiger partial charge in [-0.15, -0.1) is 11.3 Å². The Balaban J connectivity index is 1.97. The van der Waals surface area contributed by atoms with Crippen molar-refractivity contribution >= 4 is 29.2 Å². The molecular formula is C18H18O3S. The van der Waals surface area contributed by atoms with Crippen LogP contribution in [0.3, 0.4) is 0 Å². The van der Waals surface area contributed by atoms with Crippen molar-refractivity contribution < 1.29 is 14.3 Å². The lowest BCUT2D eigenvalue weighted by Crippen LogP contribution is -2.15. The van der Waals surface area contributed by atoms with Crippen molar-refractivity contribution in [2.75, 3.05) is 6.61 Å². The average molecular weight is 314 g/mol. The van der Waals surface area contributed by atoms with E-state index >= 15 is 0 Å². The van der Waals surface area contributed by atoms with Gasteiger partial charge in [-0.2, -0.15) is 0 Å². The molecule has 0 aliphatic carbocycles. The Morgan fingerprint density at radius 1 is 1.18 bits per heavy atom. The number of hydrogen-bond donors (Lipinski definition) is 0. The number of hydrogen-bond acceptors (Lipinski definition) is 4. The van der Waals surface area contributed by atoms with Gasteiger partial charge in [0.25, 0.3) is 0 Å². The van der Waals surface area contributed by atoms with Crippen LogP contribution in [-0.4, -0.2) is 18.4 Å². The van der Waals surface area contributed by atoms with Gasteiger partial charge >= 0.3 is 5.97 Å². The molecule has 22 heavy (non-hydrogen) atoms. The maximum Gasteiger partial charge on any atom is 0.331 e. The largest absolute Gasteiger partial charge is 0.454 e. The predicted octanol–water partition coefficient (Wildman–Crippen LogP) is 4.11. The highest BCUT2D eigenvalue weighted by molar-refractivity contribution is 7.10. The fraction of sp³-hybridized carbons (Fsp3) is 0.222. The molecule has 0 fully saturated rings. The second kappa shape index (κ2) is 7.18. The molecule has 0 radical (unpaired) electrons. The van der Waals surface area contributed by atoms with Crippen molar-refractivity contribution in [1.82, 2.24) is 0 Å². The van der Waals surface area contributed by atoms with Gasteiger partial charge in [0.1, 0.15) is 0 Å². The first-order valence-corrected chi connectivity index (χ1v) is 7.84. The van der Waals surface area contributed by atoms with E-state index in [1.165, 1.54) is 17.4 Å². The number of ether oxygens (including phenoxy) is 1. The topological polar surface area (TPSA) is 43.4 Å². The Hall–Kier alpha value is -2.20. The Morgan fingerprint density at radius 2 is 1.86 bits per heavy atom. The third kappa shape index (κ3) is 4.15. The highest BCUT2D eigenvalue weighted by Crippen LogP contribution is 2.17. The molecule has 3 nitrogen and oxygen atoms in total. The zero-order valence-corrected chi connectivity index (χ0v) is 13.7. The molecule has 0 atom stereocenters. The van der Waals surface area contributed by atoms with Gasteiger partial charge in [-0.25, -0.2) is 4.79 Å². The van der Waals surface area contributed by atoms with Gasteiger partial charge in [-0.3, -0.25) is 4.79 Å². The summed E-state index contributed by atoms with van der Waals surface area (Å²) in [4.78, 5) is 24.8. The van der Waals surface area contributed by atoms with Crippen LogP contribution < -0.4 is 0 Å². The van der Waals surface area contributed by atoms with E-state index in [0.717, 1.165) is 21.6 Å². The summed E-state index contributed by atoms with van der Waals surface area (Å²) < 4.78 is 5.03. The third-order valence-corrected chi connectivity index (χ3v) is 4.07. The lowest BCUT2D eigenvalue weighted by atomic mass is 9.97. The summed E-state index contributed by atoms with van der Waals surface area (Å²) in [7, 11) is 0. The average Bonchev–Trinajstić information content (AvgIpc) is 2.95.